The van der Waals surface area contributed by atoms with E-state index in [2.05, 4.69) is 17.2 Å². The van der Waals surface area contributed by atoms with E-state index in [1.807, 2.05) is 12.1 Å². The minimum atomic E-state index is -1.06. The van der Waals surface area contributed by atoms with Gasteiger partial charge in [-0.3, -0.25) is 4.98 Å². The van der Waals surface area contributed by atoms with Gasteiger partial charge in [-0.05, 0) is 30.2 Å². The van der Waals surface area contributed by atoms with Crippen molar-refractivity contribution >= 4 is 6.09 Å². The van der Waals surface area contributed by atoms with Crippen molar-refractivity contribution in [2.45, 2.75) is 26.3 Å². The Labute approximate surface area is 111 Å². The van der Waals surface area contributed by atoms with Gasteiger partial charge in [0.1, 0.15) is 11.5 Å². The number of hydrogen-bond donors (Lipinski definition) is 2. The van der Waals surface area contributed by atoms with Gasteiger partial charge in [-0.25, -0.2) is 4.79 Å². The number of aryl methyl sites for hydroxylation is 1. The lowest BCUT2D eigenvalue weighted by Crippen LogP contribution is -2.19. The van der Waals surface area contributed by atoms with Crippen LogP contribution in [0.2, 0.25) is 0 Å². The first kappa shape index (κ1) is 13.1. The molecule has 2 N–H and O–H groups in total. The zero-order valence-corrected chi connectivity index (χ0v) is 10.7. The van der Waals surface area contributed by atoms with Gasteiger partial charge < -0.3 is 14.8 Å². The second-order valence-corrected chi connectivity index (χ2v) is 4.21. The number of hydrogen-bond acceptors (Lipinski definition) is 3. The molecule has 0 saturated carbocycles. The normalized spacial score (nSPS) is 10.4. The molecule has 0 fully saturated rings. The highest BCUT2D eigenvalue weighted by Gasteiger charge is 2.09. The number of rotatable bonds is 5. The molecule has 0 aliphatic rings. The average molecular weight is 260 g/mol. The summed E-state index contributed by atoms with van der Waals surface area (Å²) in [5.41, 5.74) is 2.15. The van der Waals surface area contributed by atoms with Crippen LogP contribution < -0.4 is 5.32 Å². The van der Waals surface area contributed by atoms with Crippen LogP contribution >= 0.6 is 0 Å². The molecule has 0 bridgehead atoms. The molecule has 0 saturated heterocycles. The van der Waals surface area contributed by atoms with Crippen molar-refractivity contribution in [1.82, 2.24) is 10.3 Å². The van der Waals surface area contributed by atoms with Gasteiger partial charge in [0.2, 0.25) is 0 Å². The third kappa shape index (κ3) is 3.34. The first-order valence-corrected chi connectivity index (χ1v) is 6.19. The van der Waals surface area contributed by atoms with E-state index in [0.717, 1.165) is 24.2 Å². The van der Waals surface area contributed by atoms with Crippen LogP contribution in [0.25, 0.3) is 11.3 Å². The summed E-state index contributed by atoms with van der Waals surface area (Å²) in [6, 6.07) is 5.60. The molecule has 0 atom stereocenters. The molecule has 5 nitrogen and oxygen atoms in total. The van der Waals surface area contributed by atoms with Crippen molar-refractivity contribution in [3.63, 3.8) is 0 Å². The largest absolute Gasteiger partial charge is 0.465 e. The van der Waals surface area contributed by atoms with Gasteiger partial charge in [0, 0.05) is 18.0 Å². The first-order chi connectivity index (χ1) is 9.20. The lowest BCUT2D eigenvalue weighted by Gasteiger charge is -2.05. The fraction of sp³-hybridized carbons (Fsp3) is 0.286. The monoisotopic (exact) mass is 260 g/mol. The van der Waals surface area contributed by atoms with Gasteiger partial charge in [-0.1, -0.05) is 13.3 Å². The highest BCUT2D eigenvalue weighted by molar-refractivity contribution is 5.64. The lowest BCUT2D eigenvalue weighted by molar-refractivity contribution is 0.193. The third-order valence-electron chi connectivity index (χ3n) is 2.77. The number of aromatic nitrogens is 1. The second kappa shape index (κ2) is 6.04. The number of nitrogens with one attached hydrogen (secondary N) is 1. The molecule has 5 heteroatoms. The van der Waals surface area contributed by atoms with Gasteiger partial charge in [-0.15, -0.1) is 0 Å². The molecule has 0 aliphatic heterocycles. The number of carboxylic acid groups (broad SMARTS) is 1. The first-order valence-electron chi connectivity index (χ1n) is 6.19. The van der Waals surface area contributed by atoms with Crippen LogP contribution in [0, 0.1) is 0 Å². The van der Waals surface area contributed by atoms with Crippen LogP contribution in [0.3, 0.4) is 0 Å². The third-order valence-corrected chi connectivity index (χ3v) is 2.77. The van der Waals surface area contributed by atoms with E-state index in [9.17, 15) is 4.79 Å². The highest BCUT2D eigenvalue weighted by Crippen LogP contribution is 2.25. The van der Waals surface area contributed by atoms with Crippen molar-refractivity contribution in [3.05, 3.63) is 41.9 Å². The SMILES string of the molecule is CCCc1ccncc1-c1ccc(CNC(=O)O)o1. The Balaban J connectivity index is 2.20. The van der Waals surface area contributed by atoms with Crippen LogP contribution in [-0.2, 0) is 13.0 Å². The maximum absolute atomic E-state index is 10.4. The highest BCUT2D eigenvalue weighted by atomic mass is 16.4. The van der Waals surface area contributed by atoms with Gasteiger partial charge in [0.15, 0.2) is 0 Å². The van der Waals surface area contributed by atoms with Crippen molar-refractivity contribution in [1.29, 1.82) is 0 Å². The summed E-state index contributed by atoms with van der Waals surface area (Å²) in [6.07, 6.45) is 4.49. The van der Waals surface area contributed by atoms with Crippen molar-refractivity contribution in [2.75, 3.05) is 0 Å². The smallest absolute Gasteiger partial charge is 0.405 e. The quantitative estimate of drug-likeness (QED) is 0.866. The van der Waals surface area contributed by atoms with E-state index < -0.39 is 6.09 Å². The molecule has 19 heavy (non-hydrogen) atoms. The van der Waals surface area contributed by atoms with Crippen molar-refractivity contribution in [2.24, 2.45) is 0 Å². The number of pyridine rings is 1. The standard InChI is InChI=1S/C14H16N2O3/c1-2-3-10-6-7-15-9-12(10)13-5-4-11(19-13)8-16-14(17)18/h4-7,9,16H,2-3,8H2,1H3,(H,17,18). The molecule has 1 amide bonds. The molecule has 100 valence electrons. The summed E-state index contributed by atoms with van der Waals surface area (Å²) < 4.78 is 5.64. The Morgan fingerprint density at radius 2 is 2.26 bits per heavy atom. The van der Waals surface area contributed by atoms with Gasteiger partial charge in [0.05, 0.1) is 6.54 Å². The van der Waals surface area contributed by atoms with Gasteiger partial charge in [-0.2, -0.15) is 0 Å². The van der Waals surface area contributed by atoms with Crippen molar-refractivity contribution < 1.29 is 14.3 Å². The molecule has 2 heterocycles. The Morgan fingerprint density at radius 3 is 3.00 bits per heavy atom. The summed E-state index contributed by atoms with van der Waals surface area (Å²) in [7, 11) is 0. The van der Waals surface area contributed by atoms with E-state index in [4.69, 9.17) is 9.52 Å². The Bertz CT molecular complexity index is 563. The van der Waals surface area contributed by atoms with E-state index in [1.54, 1.807) is 18.5 Å². The van der Waals surface area contributed by atoms with E-state index >= 15 is 0 Å². The van der Waals surface area contributed by atoms with E-state index in [1.165, 1.54) is 5.56 Å². The van der Waals surface area contributed by atoms with Gasteiger partial charge >= 0.3 is 6.09 Å². The molecule has 0 radical (unpaired) electrons. The summed E-state index contributed by atoms with van der Waals surface area (Å²) in [4.78, 5) is 14.5. The molecule has 2 aromatic rings. The van der Waals surface area contributed by atoms with Crippen molar-refractivity contribution in [3.8, 4) is 11.3 Å². The predicted octanol–water partition coefficient (Wildman–Crippen LogP) is 3.06. The molecular formula is C14H16N2O3. The topological polar surface area (TPSA) is 75.4 Å². The zero-order chi connectivity index (χ0) is 13.7. The lowest BCUT2D eigenvalue weighted by atomic mass is 10.0. The number of nitrogens with zero attached hydrogens (tertiary/aromatic N) is 1. The van der Waals surface area contributed by atoms with Crippen LogP contribution in [0.4, 0.5) is 4.79 Å². The maximum atomic E-state index is 10.4. The van der Waals surface area contributed by atoms with Crippen LogP contribution in [0.5, 0.6) is 0 Å². The minimum absolute atomic E-state index is 0.165. The summed E-state index contributed by atoms with van der Waals surface area (Å²) in [5, 5.41) is 10.8. The van der Waals surface area contributed by atoms with E-state index in [0.29, 0.717) is 5.76 Å². The van der Waals surface area contributed by atoms with Crippen LogP contribution in [0.15, 0.2) is 35.0 Å². The molecule has 0 aromatic carbocycles. The molecule has 0 unspecified atom stereocenters. The minimum Gasteiger partial charge on any atom is -0.465 e. The summed E-state index contributed by atoms with van der Waals surface area (Å²) in [5.74, 6) is 1.31. The molecular weight excluding hydrogens is 244 g/mol. The Hall–Kier alpha value is -2.30. The molecule has 0 aliphatic carbocycles. The second-order valence-electron chi connectivity index (χ2n) is 4.21. The summed E-state index contributed by atoms with van der Waals surface area (Å²) in [6.45, 7) is 2.28. The Kier molecular flexibility index (Phi) is 4.18. The van der Waals surface area contributed by atoms with Crippen LogP contribution in [-0.4, -0.2) is 16.2 Å². The number of furan rings is 1. The Morgan fingerprint density at radius 1 is 1.42 bits per heavy atom. The fourth-order valence-corrected chi connectivity index (χ4v) is 1.91. The zero-order valence-electron chi connectivity index (χ0n) is 10.7. The molecule has 2 aromatic heterocycles. The molecule has 0 spiro atoms. The number of amides is 1. The van der Waals surface area contributed by atoms with Gasteiger partial charge in [0.25, 0.3) is 0 Å². The maximum Gasteiger partial charge on any atom is 0.405 e. The predicted molar refractivity (Wildman–Crippen MR) is 70.8 cm³/mol. The fourth-order valence-electron chi connectivity index (χ4n) is 1.91. The average Bonchev–Trinajstić information content (AvgIpc) is 2.86. The number of carbonyl (C=O) groups is 1. The molecule has 2 rings (SSSR count). The summed E-state index contributed by atoms with van der Waals surface area (Å²) >= 11 is 0. The van der Waals surface area contributed by atoms with Crippen LogP contribution in [0.1, 0.15) is 24.7 Å². The van der Waals surface area contributed by atoms with E-state index in [-0.39, 0.29) is 6.54 Å².